The lowest BCUT2D eigenvalue weighted by atomic mass is 10.1. The molecule has 0 radical (unpaired) electrons. The van der Waals surface area contributed by atoms with Crippen LogP contribution in [0.25, 0.3) is 23.0 Å². The van der Waals surface area contributed by atoms with Crippen molar-refractivity contribution in [3.05, 3.63) is 66.5 Å². The van der Waals surface area contributed by atoms with Gasteiger partial charge in [0.1, 0.15) is 5.65 Å². The van der Waals surface area contributed by atoms with Gasteiger partial charge in [0.15, 0.2) is 0 Å². The second-order valence-electron chi connectivity index (χ2n) is 6.73. The monoisotopic (exact) mass is 361 g/mol. The number of pyridine rings is 1. The minimum absolute atomic E-state index is 0.0365. The second kappa shape index (κ2) is 7.76. The van der Waals surface area contributed by atoms with Crippen LogP contribution in [0.3, 0.4) is 0 Å². The number of carbonyl (C=O) groups is 1. The largest absolute Gasteiger partial charge is 0.381 e. The van der Waals surface area contributed by atoms with Gasteiger partial charge in [0.05, 0.1) is 17.5 Å². The highest BCUT2D eigenvalue weighted by atomic mass is 16.5. The SMILES string of the molecule is COC1CCN(C(=O)/C=C/c2c(-c3ccccc3)nc3ccccn23)CC1. The molecule has 1 saturated heterocycles. The van der Waals surface area contributed by atoms with Crippen molar-refractivity contribution in [1.29, 1.82) is 0 Å². The summed E-state index contributed by atoms with van der Waals surface area (Å²) in [5.74, 6) is 0.0365. The molecule has 0 N–H and O–H groups in total. The molecule has 27 heavy (non-hydrogen) atoms. The number of fused-ring (bicyclic) bond motifs is 1. The topological polar surface area (TPSA) is 46.8 Å². The van der Waals surface area contributed by atoms with E-state index in [9.17, 15) is 4.79 Å². The number of piperidine rings is 1. The molecule has 1 aliphatic heterocycles. The zero-order chi connectivity index (χ0) is 18.6. The molecule has 138 valence electrons. The smallest absolute Gasteiger partial charge is 0.246 e. The van der Waals surface area contributed by atoms with Crippen molar-refractivity contribution < 1.29 is 9.53 Å². The van der Waals surface area contributed by atoms with E-state index in [0.29, 0.717) is 0 Å². The van der Waals surface area contributed by atoms with Crippen molar-refractivity contribution in [3.63, 3.8) is 0 Å². The molecule has 0 unspecified atom stereocenters. The van der Waals surface area contributed by atoms with Crippen molar-refractivity contribution in [2.24, 2.45) is 0 Å². The Morgan fingerprint density at radius 1 is 1.11 bits per heavy atom. The summed E-state index contributed by atoms with van der Waals surface area (Å²) in [6.07, 6.45) is 7.56. The van der Waals surface area contributed by atoms with Crippen LogP contribution in [0.1, 0.15) is 18.5 Å². The molecule has 3 heterocycles. The Morgan fingerprint density at radius 2 is 1.85 bits per heavy atom. The lowest BCUT2D eigenvalue weighted by Gasteiger charge is -2.30. The summed E-state index contributed by atoms with van der Waals surface area (Å²) in [6.45, 7) is 1.47. The van der Waals surface area contributed by atoms with E-state index < -0.39 is 0 Å². The predicted molar refractivity (Wildman–Crippen MR) is 106 cm³/mol. The maximum atomic E-state index is 12.6. The molecule has 1 aromatic carbocycles. The number of hydrogen-bond acceptors (Lipinski definition) is 3. The van der Waals surface area contributed by atoms with E-state index in [1.807, 2.05) is 70.1 Å². The molecular weight excluding hydrogens is 338 g/mol. The molecule has 0 saturated carbocycles. The number of carbonyl (C=O) groups excluding carboxylic acids is 1. The summed E-state index contributed by atoms with van der Waals surface area (Å²) in [5, 5.41) is 0. The third kappa shape index (κ3) is 3.64. The average molecular weight is 361 g/mol. The zero-order valence-electron chi connectivity index (χ0n) is 15.4. The number of benzene rings is 1. The van der Waals surface area contributed by atoms with Gasteiger partial charge in [-0.2, -0.15) is 0 Å². The van der Waals surface area contributed by atoms with Gasteiger partial charge in [-0.15, -0.1) is 0 Å². The molecule has 0 bridgehead atoms. The lowest BCUT2D eigenvalue weighted by molar-refractivity contribution is -0.128. The fourth-order valence-corrected chi connectivity index (χ4v) is 3.55. The van der Waals surface area contributed by atoms with E-state index in [4.69, 9.17) is 9.72 Å². The fourth-order valence-electron chi connectivity index (χ4n) is 3.55. The standard InChI is InChI=1S/C22H23N3O2/c1-27-18-12-15-24(16-13-18)21(26)11-10-19-22(17-7-3-2-4-8-17)23-20-9-5-6-14-25(19)20/h2-11,14,18H,12-13,15-16H2,1H3/b11-10+. The van der Waals surface area contributed by atoms with Gasteiger partial charge in [-0.05, 0) is 31.1 Å². The molecule has 1 amide bonds. The number of likely N-dealkylation sites (tertiary alicyclic amines) is 1. The summed E-state index contributed by atoms with van der Waals surface area (Å²) in [6, 6.07) is 16.0. The van der Waals surface area contributed by atoms with Gasteiger partial charge in [0, 0.05) is 38.0 Å². The molecule has 5 heteroatoms. The summed E-state index contributed by atoms with van der Waals surface area (Å²) in [4.78, 5) is 19.3. The summed E-state index contributed by atoms with van der Waals surface area (Å²) < 4.78 is 7.40. The maximum Gasteiger partial charge on any atom is 0.246 e. The molecule has 5 nitrogen and oxygen atoms in total. The molecule has 0 atom stereocenters. The molecule has 0 spiro atoms. The minimum Gasteiger partial charge on any atom is -0.381 e. The Bertz CT molecular complexity index is 954. The molecular formula is C22H23N3O2. The molecule has 2 aromatic heterocycles. The highest BCUT2D eigenvalue weighted by Gasteiger charge is 2.21. The number of hydrogen-bond donors (Lipinski definition) is 0. The minimum atomic E-state index is 0.0365. The van der Waals surface area contributed by atoms with E-state index in [2.05, 4.69) is 0 Å². The van der Waals surface area contributed by atoms with Gasteiger partial charge >= 0.3 is 0 Å². The number of rotatable bonds is 4. The number of imidazole rings is 1. The van der Waals surface area contributed by atoms with Gasteiger partial charge in [-0.1, -0.05) is 36.4 Å². The molecule has 1 aliphatic rings. The highest BCUT2D eigenvalue weighted by Crippen LogP contribution is 2.25. The zero-order valence-corrected chi connectivity index (χ0v) is 15.4. The molecule has 0 aliphatic carbocycles. The summed E-state index contributed by atoms with van der Waals surface area (Å²) in [7, 11) is 1.73. The van der Waals surface area contributed by atoms with Crippen LogP contribution >= 0.6 is 0 Å². The predicted octanol–water partition coefficient (Wildman–Crippen LogP) is 3.65. The first-order valence-corrected chi connectivity index (χ1v) is 9.28. The number of methoxy groups -OCH3 is 1. The highest BCUT2D eigenvalue weighted by molar-refractivity contribution is 5.93. The van der Waals surface area contributed by atoms with Crippen molar-refractivity contribution in [3.8, 4) is 11.3 Å². The number of amides is 1. The Balaban J connectivity index is 1.63. The maximum absolute atomic E-state index is 12.6. The molecule has 1 fully saturated rings. The number of ether oxygens (including phenoxy) is 1. The Morgan fingerprint density at radius 3 is 2.59 bits per heavy atom. The van der Waals surface area contributed by atoms with Gasteiger partial charge in [0.25, 0.3) is 0 Å². The third-order valence-corrected chi connectivity index (χ3v) is 5.08. The first-order chi connectivity index (χ1) is 13.3. The lowest BCUT2D eigenvalue weighted by Crippen LogP contribution is -2.39. The van der Waals surface area contributed by atoms with Crippen LogP contribution in [0.5, 0.6) is 0 Å². The van der Waals surface area contributed by atoms with Crippen LogP contribution in [0, 0.1) is 0 Å². The van der Waals surface area contributed by atoms with E-state index in [1.54, 1.807) is 13.2 Å². The average Bonchev–Trinajstić information content (AvgIpc) is 3.11. The first kappa shape index (κ1) is 17.5. The Hall–Kier alpha value is -2.92. The Labute approximate surface area is 158 Å². The second-order valence-corrected chi connectivity index (χ2v) is 6.73. The van der Waals surface area contributed by atoms with Gasteiger partial charge in [-0.25, -0.2) is 4.98 Å². The van der Waals surface area contributed by atoms with Crippen LogP contribution in [0.2, 0.25) is 0 Å². The van der Waals surface area contributed by atoms with Crippen molar-refractivity contribution in [2.45, 2.75) is 18.9 Å². The molecule has 3 aromatic rings. The van der Waals surface area contributed by atoms with Crippen molar-refractivity contribution in [1.82, 2.24) is 14.3 Å². The number of aromatic nitrogens is 2. The van der Waals surface area contributed by atoms with Crippen molar-refractivity contribution in [2.75, 3.05) is 20.2 Å². The van der Waals surface area contributed by atoms with Gasteiger partial charge in [-0.3, -0.25) is 9.20 Å². The van der Waals surface area contributed by atoms with Gasteiger partial charge < -0.3 is 9.64 Å². The van der Waals surface area contributed by atoms with Crippen molar-refractivity contribution >= 4 is 17.6 Å². The van der Waals surface area contributed by atoms with E-state index >= 15 is 0 Å². The van der Waals surface area contributed by atoms with Crippen LogP contribution in [0.4, 0.5) is 0 Å². The van der Waals surface area contributed by atoms with E-state index in [1.165, 1.54) is 0 Å². The quantitative estimate of drug-likeness (QED) is 0.667. The normalized spacial score (nSPS) is 15.7. The fraction of sp³-hybridized carbons (Fsp3) is 0.273. The van der Waals surface area contributed by atoms with Crippen LogP contribution < -0.4 is 0 Å². The molecule has 4 rings (SSSR count). The van der Waals surface area contributed by atoms with Crippen LogP contribution in [0.15, 0.2) is 60.8 Å². The number of nitrogens with zero attached hydrogens (tertiary/aromatic N) is 3. The summed E-state index contributed by atoms with van der Waals surface area (Å²) >= 11 is 0. The van der Waals surface area contributed by atoms with Crippen LogP contribution in [-0.2, 0) is 9.53 Å². The summed E-state index contributed by atoms with van der Waals surface area (Å²) in [5.41, 5.74) is 3.69. The van der Waals surface area contributed by atoms with E-state index in [-0.39, 0.29) is 12.0 Å². The van der Waals surface area contributed by atoms with Gasteiger partial charge in [0.2, 0.25) is 5.91 Å². The first-order valence-electron chi connectivity index (χ1n) is 9.28. The third-order valence-electron chi connectivity index (χ3n) is 5.08. The van der Waals surface area contributed by atoms with Crippen LogP contribution in [-0.4, -0.2) is 46.5 Å². The van der Waals surface area contributed by atoms with E-state index in [0.717, 1.165) is 48.5 Å². The Kier molecular flexibility index (Phi) is 5.03.